The molecule has 28 heavy (non-hydrogen) atoms. The third kappa shape index (κ3) is 3.76. The number of hydrogen-bond acceptors (Lipinski definition) is 5. The summed E-state index contributed by atoms with van der Waals surface area (Å²) < 4.78 is 10.9. The molecule has 150 valence electrons. The molecule has 2 heterocycles. The van der Waals surface area contributed by atoms with Crippen molar-refractivity contribution < 1.29 is 23.9 Å². The molecule has 0 radical (unpaired) electrons. The van der Waals surface area contributed by atoms with Crippen molar-refractivity contribution in [3.05, 3.63) is 29.8 Å². The topological polar surface area (TPSA) is 84.9 Å². The highest BCUT2D eigenvalue weighted by Crippen LogP contribution is 2.44. The average Bonchev–Trinajstić information content (AvgIpc) is 3.04. The summed E-state index contributed by atoms with van der Waals surface area (Å²) in [4.78, 5) is 39.0. The van der Waals surface area contributed by atoms with E-state index in [0.29, 0.717) is 37.6 Å². The highest BCUT2D eigenvalue weighted by atomic mass is 16.6. The number of benzene rings is 1. The van der Waals surface area contributed by atoms with Crippen molar-refractivity contribution in [3.63, 3.8) is 0 Å². The molecule has 0 bridgehead atoms. The molecule has 1 spiro atoms. The first-order valence-electron chi connectivity index (χ1n) is 10.1. The summed E-state index contributed by atoms with van der Waals surface area (Å²) in [7, 11) is 0. The van der Waals surface area contributed by atoms with Gasteiger partial charge in [0.15, 0.2) is 0 Å². The molecule has 1 aromatic rings. The van der Waals surface area contributed by atoms with Crippen LogP contribution in [0.15, 0.2) is 24.3 Å². The molecular weight excluding hydrogens is 360 g/mol. The zero-order valence-electron chi connectivity index (χ0n) is 15.9. The van der Waals surface area contributed by atoms with Gasteiger partial charge in [-0.05, 0) is 49.9 Å². The van der Waals surface area contributed by atoms with Gasteiger partial charge in [0.1, 0.15) is 5.60 Å². The highest BCUT2D eigenvalue weighted by molar-refractivity contribution is 5.98. The van der Waals surface area contributed by atoms with Crippen LogP contribution >= 0.6 is 0 Å². The van der Waals surface area contributed by atoms with Gasteiger partial charge in [-0.25, -0.2) is 0 Å². The lowest BCUT2D eigenvalue weighted by molar-refractivity contribution is -0.153. The van der Waals surface area contributed by atoms with Gasteiger partial charge in [-0.1, -0.05) is 6.42 Å². The fraction of sp³-hybridized carbons (Fsp3) is 0.571. The van der Waals surface area contributed by atoms with Crippen LogP contribution in [0.5, 0.6) is 0 Å². The molecule has 1 aliphatic carbocycles. The second-order valence-electron chi connectivity index (χ2n) is 7.83. The number of anilines is 1. The molecule has 7 heteroatoms. The average molecular weight is 386 g/mol. The molecule has 1 saturated carbocycles. The maximum Gasteiger partial charge on any atom is 0.307 e. The Balaban J connectivity index is 1.41. The number of carbonyl (C=O) groups is 3. The Morgan fingerprint density at radius 2 is 1.71 bits per heavy atom. The minimum Gasteiger partial charge on any atom is -0.458 e. The van der Waals surface area contributed by atoms with Crippen molar-refractivity contribution >= 4 is 23.5 Å². The normalized spacial score (nSPS) is 24.1. The molecule has 1 aromatic carbocycles. The molecule has 2 amide bonds. The van der Waals surface area contributed by atoms with E-state index >= 15 is 0 Å². The lowest BCUT2D eigenvalue weighted by atomic mass is 9.75. The van der Waals surface area contributed by atoms with E-state index in [4.69, 9.17) is 9.47 Å². The molecule has 1 atom stereocenters. The maximum atomic E-state index is 12.9. The summed E-state index contributed by atoms with van der Waals surface area (Å²) in [5.41, 5.74) is 0.572. The summed E-state index contributed by atoms with van der Waals surface area (Å²) >= 11 is 0. The van der Waals surface area contributed by atoms with E-state index in [1.807, 2.05) is 0 Å². The molecule has 2 saturated heterocycles. The van der Waals surface area contributed by atoms with Crippen LogP contribution in [0.3, 0.4) is 0 Å². The number of esters is 1. The van der Waals surface area contributed by atoms with Gasteiger partial charge in [0, 0.05) is 24.3 Å². The first kappa shape index (κ1) is 18.9. The second kappa shape index (κ2) is 7.91. The van der Waals surface area contributed by atoms with Gasteiger partial charge in [0.2, 0.25) is 5.91 Å². The summed E-state index contributed by atoms with van der Waals surface area (Å²) in [5, 5.41) is 2.91. The number of carbonyl (C=O) groups excluding carboxylic acids is 3. The molecule has 0 unspecified atom stereocenters. The Morgan fingerprint density at radius 1 is 1.04 bits per heavy atom. The number of ether oxygens (including phenoxy) is 2. The van der Waals surface area contributed by atoms with Crippen LogP contribution in [0.1, 0.15) is 48.9 Å². The van der Waals surface area contributed by atoms with Crippen LogP contribution in [-0.2, 0) is 19.1 Å². The number of hydrogen-bond donors (Lipinski definition) is 1. The number of rotatable bonds is 3. The van der Waals surface area contributed by atoms with Crippen LogP contribution in [0, 0.1) is 5.92 Å². The van der Waals surface area contributed by atoms with Crippen molar-refractivity contribution in [2.45, 2.75) is 44.1 Å². The zero-order chi connectivity index (χ0) is 19.6. The van der Waals surface area contributed by atoms with Crippen molar-refractivity contribution in [2.24, 2.45) is 5.92 Å². The van der Waals surface area contributed by atoms with Gasteiger partial charge in [0.05, 0.1) is 25.6 Å². The van der Waals surface area contributed by atoms with E-state index in [1.54, 1.807) is 29.2 Å². The maximum absolute atomic E-state index is 12.9. The summed E-state index contributed by atoms with van der Waals surface area (Å²) in [6, 6.07) is 6.91. The Labute approximate surface area is 164 Å². The predicted molar refractivity (Wildman–Crippen MR) is 102 cm³/mol. The van der Waals surface area contributed by atoms with E-state index in [0.717, 1.165) is 32.1 Å². The first-order chi connectivity index (χ1) is 13.6. The van der Waals surface area contributed by atoms with Crippen LogP contribution in [0.25, 0.3) is 0 Å². The number of morpholine rings is 1. The van der Waals surface area contributed by atoms with E-state index in [2.05, 4.69) is 5.32 Å². The zero-order valence-corrected chi connectivity index (χ0v) is 15.9. The third-order valence-corrected chi connectivity index (χ3v) is 6.04. The molecule has 1 N–H and O–H groups in total. The Hall–Kier alpha value is -2.41. The van der Waals surface area contributed by atoms with E-state index < -0.39 is 11.5 Å². The number of nitrogens with one attached hydrogen (secondary N) is 1. The van der Waals surface area contributed by atoms with E-state index in [9.17, 15) is 14.4 Å². The summed E-state index contributed by atoms with van der Waals surface area (Å²) in [6.07, 6.45) is 4.73. The molecule has 3 fully saturated rings. The van der Waals surface area contributed by atoms with Crippen LogP contribution in [-0.4, -0.2) is 54.6 Å². The van der Waals surface area contributed by atoms with Crippen LogP contribution < -0.4 is 5.32 Å². The monoisotopic (exact) mass is 386 g/mol. The van der Waals surface area contributed by atoms with Crippen molar-refractivity contribution in [2.75, 3.05) is 31.6 Å². The first-order valence-corrected chi connectivity index (χ1v) is 10.1. The molecule has 0 aromatic heterocycles. The fourth-order valence-corrected chi connectivity index (χ4v) is 4.50. The minimum absolute atomic E-state index is 0.0304. The van der Waals surface area contributed by atoms with Crippen LogP contribution in [0.4, 0.5) is 5.69 Å². The summed E-state index contributed by atoms with van der Waals surface area (Å²) in [5.74, 6) is -0.944. The predicted octanol–water partition coefficient (Wildman–Crippen LogP) is 2.36. The largest absolute Gasteiger partial charge is 0.458 e. The molecule has 7 nitrogen and oxygen atoms in total. The lowest BCUT2D eigenvalue weighted by Gasteiger charge is -2.36. The quantitative estimate of drug-likeness (QED) is 0.806. The smallest absolute Gasteiger partial charge is 0.307 e. The molecule has 3 aliphatic rings. The molecule has 2 aliphatic heterocycles. The van der Waals surface area contributed by atoms with Gasteiger partial charge in [-0.3, -0.25) is 14.4 Å². The Kier molecular flexibility index (Phi) is 5.35. The Morgan fingerprint density at radius 3 is 2.39 bits per heavy atom. The number of nitrogens with zero attached hydrogens (tertiary/aromatic N) is 1. The Bertz CT molecular complexity index is 749. The van der Waals surface area contributed by atoms with Crippen molar-refractivity contribution in [1.82, 2.24) is 4.90 Å². The SMILES string of the molecule is O=C1C[C@@H](C(=O)Nc2ccc(C(=O)N3CCOCC3)cc2)C2(CCCCC2)O1. The van der Waals surface area contributed by atoms with Crippen LogP contribution in [0.2, 0.25) is 0 Å². The van der Waals surface area contributed by atoms with E-state index in [-0.39, 0.29) is 24.2 Å². The fourth-order valence-electron chi connectivity index (χ4n) is 4.50. The van der Waals surface area contributed by atoms with Gasteiger partial charge in [-0.2, -0.15) is 0 Å². The minimum atomic E-state index is -0.633. The highest BCUT2D eigenvalue weighted by Gasteiger charge is 2.52. The van der Waals surface area contributed by atoms with Gasteiger partial charge < -0.3 is 19.7 Å². The van der Waals surface area contributed by atoms with Crippen molar-refractivity contribution in [1.29, 1.82) is 0 Å². The van der Waals surface area contributed by atoms with Gasteiger partial charge in [-0.15, -0.1) is 0 Å². The van der Waals surface area contributed by atoms with Crippen molar-refractivity contribution in [3.8, 4) is 0 Å². The van der Waals surface area contributed by atoms with Gasteiger partial charge >= 0.3 is 5.97 Å². The number of amides is 2. The lowest BCUT2D eigenvalue weighted by Crippen LogP contribution is -2.43. The molecular formula is C21H26N2O5. The molecule has 4 rings (SSSR count). The third-order valence-electron chi connectivity index (χ3n) is 6.04. The summed E-state index contributed by atoms with van der Waals surface area (Å²) in [6.45, 7) is 2.30. The standard InChI is InChI=1S/C21H26N2O5/c24-18-14-17(21(28-18)8-2-1-3-9-21)19(25)22-16-6-4-15(5-7-16)20(26)23-10-12-27-13-11-23/h4-7,17H,1-3,8-14H2,(H,22,25)/t17-/m0/s1. The van der Waals surface area contributed by atoms with Gasteiger partial charge in [0.25, 0.3) is 5.91 Å². The van der Waals surface area contributed by atoms with E-state index in [1.165, 1.54) is 0 Å². The second-order valence-corrected chi connectivity index (χ2v) is 7.83.